The van der Waals surface area contributed by atoms with Crippen molar-refractivity contribution in [3.63, 3.8) is 0 Å². The summed E-state index contributed by atoms with van der Waals surface area (Å²) in [6, 6.07) is -0.590. The van der Waals surface area contributed by atoms with Crippen molar-refractivity contribution in [2.75, 3.05) is 19.8 Å². The summed E-state index contributed by atoms with van der Waals surface area (Å²) in [5.41, 5.74) is 0. The molecule has 0 aliphatic rings. The predicted molar refractivity (Wildman–Crippen MR) is 51.4 cm³/mol. The molecule has 3 amide bonds. The first-order valence-electron chi connectivity index (χ1n) is 4.20. The van der Waals surface area contributed by atoms with Gasteiger partial charge in [-0.05, 0) is 6.92 Å². The molecular formula is C9H12N2O4. The van der Waals surface area contributed by atoms with Gasteiger partial charge in [-0.25, -0.2) is 9.69 Å². The zero-order chi connectivity index (χ0) is 11.7. The average molecular weight is 212 g/mol. The SMILES string of the molecule is C#CCN(CC)C(=O)N(C=O)COC=O. The van der Waals surface area contributed by atoms with Crippen LogP contribution in [0.5, 0.6) is 0 Å². The molecule has 0 atom stereocenters. The summed E-state index contributed by atoms with van der Waals surface area (Å²) in [4.78, 5) is 33.9. The molecule has 0 saturated heterocycles. The third-order valence-corrected chi connectivity index (χ3v) is 1.59. The Labute approximate surface area is 87.8 Å². The van der Waals surface area contributed by atoms with Gasteiger partial charge in [-0.1, -0.05) is 5.92 Å². The average Bonchev–Trinajstić information content (AvgIpc) is 2.26. The number of rotatable bonds is 6. The van der Waals surface area contributed by atoms with E-state index in [4.69, 9.17) is 6.42 Å². The van der Waals surface area contributed by atoms with Gasteiger partial charge in [-0.3, -0.25) is 9.59 Å². The highest BCUT2D eigenvalue weighted by atomic mass is 16.5. The Bertz CT molecular complexity index is 272. The summed E-state index contributed by atoms with van der Waals surface area (Å²) in [6.45, 7) is 1.93. The van der Waals surface area contributed by atoms with Crippen molar-refractivity contribution < 1.29 is 19.1 Å². The minimum absolute atomic E-state index is 0.0980. The Hall–Kier alpha value is -2.03. The zero-order valence-electron chi connectivity index (χ0n) is 8.38. The maximum Gasteiger partial charge on any atom is 0.330 e. The van der Waals surface area contributed by atoms with E-state index in [-0.39, 0.29) is 19.4 Å². The molecule has 82 valence electrons. The molecule has 0 aromatic carbocycles. The van der Waals surface area contributed by atoms with Gasteiger partial charge < -0.3 is 9.64 Å². The van der Waals surface area contributed by atoms with E-state index in [9.17, 15) is 14.4 Å². The number of imide groups is 1. The lowest BCUT2D eigenvalue weighted by Crippen LogP contribution is -2.43. The molecule has 0 spiro atoms. The smallest absolute Gasteiger partial charge is 0.330 e. The van der Waals surface area contributed by atoms with Crippen molar-refractivity contribution in [2.24, 2.45) is 0 Å². The van der Waals surface area contributed by atoms with Gasteiger partial charge in [0.1, 0.15) is 0 Å². The van der Waals surface area contributed by atoms with Crippen LogP contribution in [-0.2, 0) is 14.3 Å². The Balaban J connectivity index is 4.40. The van der Waals surface area contributed by atoms with Crippen LogP contribution in [0.3, 0.4) is 0 Å². The van der Waals surface area contributed by atoms with Crippen molar-refractivity contribution in [2.45, 2.75) is 6.92 Å². The molecule has 0 aromatic rings. The molecule has 0 aliphatic heterocycles. The molecular weight excluding hydrogens is 200 g/mol. The van der Waals surface area contributed by atoms with Crippen LogP contribution in [0.2, 0.25) is 0 Å². The second kappa shape index (κ2) is 7.38. The molecule has 6 nitrogen and oxygen atoms in total. The number of urea groups is 1. The van der Waals surface area contributed by atoms with Crippen LogP contribution in [0.4, 0.5) is 4.79 Å². The van der Waals surface area contributed by atoms with Crippen molar-refractivity contribution in [3.05, 3.63) is 0 Å². The normalized spacial score (nSPS) is 8.53. The van der Waals surface area contributed by atoms with Crippen molar-refractivity contribution in [3.8, 4) is 12.3 Å². The maximum atomic E-state index is 11.5. The Morgan fingerprint density at radius 1 is 1.53 bits per heavy atom. The van der Waals surface area contributed by atoms with E-state index >= 15 is 0 Å². The highest BCUT2D eigenvalue weighted by Gasteiger charge is 2.18. The monoisotopic (exact) mass is 212 g/mol. The highest BCUT2D eigenvalue weighted by molar-refractivity contribution is 5.84. The number of hydrogen-bond donors (Lipinski definition) is 0. The summed E-state index contributed by atoms with van der Waals surface area (Å²) in [5, 5.41) is 0. The lowest BCUT2D eigenvalue weighted by molar-refractivity contribution is -0.134. The minimum atomic E-state index is -0.590. The van der Waals surface area contributed by atoms with E-state index in [1.54, 1.807) is 6.92 Å². The summed E-state index contributed by atoms with van der Waals surface area (Å²) in [5.74, 6) is 2.29. The van der Waals surface area contributed by atoms with Crippen molar-refractivity contribution >= 4 is 18.9 Å². The number of hydrogen-bond acceptors (Lipinski definition) is 4. The summed E-state index contributed by atoms with van der Waals surface area (Å²) in [7, 11) is 0. The third-order valence-electron chi connectivity index (χ3n) is 1.59. The van der Waals surface area contributed by atoms with Gasteiger partial charge in [0.25, 0.3) is 6.47 Å². The predicted octanol–water partition coefficient (Wildman–Crippen LogP) is -0.350. The first kappa shape index (κ1) is 13.0. The largest absolute Gasteiger partial charge is 0.446 e. The molecule has 0 aromatic heterocycles. The van der Waals surface area contributed by atoms with Gasteiger partial charge >= 0.3 is 6.03 Å². The maximum absolute atomic E-state index is 11.5. The molecule has 15 heavy (non-hydrogen) atoms. The first-order valence-corrected chi connectivity index (χ1v) is 4.20. The second-order valence-corrected chi connectivity index (χ2v) is 2.47. The fourth-order valence-corrected chi connectivity index (χ4v) is 0.848. The second-order valence-electron chi connectivity index (χ2n) is 2.47. The van der Waals surface area contributed by atoms with E-state index in [0.717, 1.165) is 4.90 Å². The quantitative estimate of drug-likeness (QED) is 0.343. The molecule has 0 bridgehead atoms. The van der Waals surface area contributed by atoms with E-state index < -0.39 is 12.8 Å². The van der Waals surface area contributed by atoms with Crippen LogP contribution in [0.1, 0.15) is 6.92 Å². The van der Waals surface area contributed by atoms with Crippen LogP contribution < -0.4 is 0 Å². The number of nitrogens with zero attached hydrogens (tertiary/aromatic N) is 2. The van der Waals surface area contributed by atoms with Gasteiger partial charge in [0, 0.05) is 6.54 Å². The van der Waals surface area contributed by atoms with Gasteiger partial charge in [0.05, 0.1) is 6.54 Å². The highest BCUT2D eigenvalue weighted by Crippen LogP contribution is 1.96. The molecule has 0 fully saturated rings. The summed E-state index contributed by atoms with van der Waals surface area (Å²) >= 11 is 0. The topological polar surface area (TPSA) is 66.9 Å². The molecule has 6 heteroatoms. The lowest BCUT2D eigenvalue weighted by atomic mass is 10.5. The fraction of sp³-hybridized carbons (Fsp3) is 0.444. The van der Waals surface area contributed by atoms with Crippen LogP contribution >= 0.6 is 0 Å². The zero-order valence-corrected chi connectivity index (χ0v) is 8.38. The van der Waals surface area contributed by atoms with Gasteiger partial charge in [-0.15, -0.1) is 6.42 Å². The van der Waals surface area contributed by atoms with E-state index in [2.05, 4.69) is 10.7 Å². The molecule has 0 heterocycles. The molecule has 0 radical (unpaired) electrons. The van der Waals surface area contributed by atoms with Crippen LogP contribution in [0.25, 0.3) is 0 Å². The van der Waals surface area contributed by atoms with Crippen molar-refractivity contribution in [1.29, 1.82) is 0 Å². The fourth-order valence-electron chi connectivity index (χ4n) is 0.848. The number of ether oxygens (including phenoxy) is 1. The van der Waals surface area contributed by atoms with E-state index in [1.165, 1.54) is 4.90 Å². The molecule has 0 unspecified atom stereocenters. The lowest BCUT2D eigenvalue weighted by Gasteiger charge is -2.23. The Morgan fingerprint density at radius 2 is 2.20 bits per heavy atom. The van der Waals surface area contributed by atoms with Crippen LogP contribution in [0, 0.1) is 12.3 Å². The Morgan fingerprint density at radius 3 is 2.60 bits per heavy atom. The minimum Gasteiger partial charge on any atom is -0.446 e. The van der Waals surface area contributed by atoms with E-state index in [1.807, 2.05) is 0 Å². The molecule has 0 rings (SSSR count). The molecule has 0 saturated carbocycles. The Kier molecular flexibility index (Phi) is 6.38. The van der Waals surface area contributed by atoms with Gasteiger partial charge in [0.2, 0.25) is 6.41 Å². The number of amides is 3. The number of terminal acetylenes is 1. The third kappa shape index (κ3) is 4.13. The summed E-state index contributed by atoms with van der Waals surface area (Å²) in [6.07, 6.45) is 5.33. The van der Waals surface area contributed by atoms with Gasteiger partial charge in [-0.2, -0.15) is 0 Å². The van der Waals surface area contributed by atoms with E-state index in [0.29, 0.717) is 6.54 Å². The van der Waals surface area contributed by atoms with Crippen LogP contribution in [0.15, 0.2) is 0 Å². The standard InChI is InChI=1S/C9H12N2O4/c1-3-5-10(4-2)9(14)11(6-12)7-15-8-13/h1,6,8H,4-5,7H2,2H3. The first-order chi connectivity index (χ1) is 7.21. The van der Waals surface area contributed by atoms with Gasteiger partial charge in [0.15, 0.2) is 6.73 Å². The molecule has 0 N–H and O–H groups in total. The van der Waals surface area contributed by atoms with Crippen LogP contribution in [-0.4, -0.2) is 48.5 Å². The van der Waals surface area contributed by atoms with Crippen molar-refractivity contribution in [1.82, 2.24) is 9.80 Å². The number of carbonyl (C=O) groups is 3. The molecule has 0 aliphatic carbocycles. The summed E-state index contributed by atoms with van der Waals surface area (Å²) < 4.78 is 4.30. The number of carbonyl (C=O) groups excluding carboxylic acids is 3.